The number of H-pyrrole nitrogens is 1. The van der Waals surface area contributed by atoms with Crippen molar-refractivity contribution in [2.75, 3.05) is 23.7 Å². The van der Waals surface area contributed by atoms with Gasteiger partial charge in [0.15, 0.2) is 0 Å². The van der Waals surface area contributed by atoms with Crippen molar-refractivity contribution in [1.29, 1.82) is 0 Å². The highest BCUT2D eigenvalue weighted by molar-refractivity contribution is 5.99. The van der Waals surface area contributed by atoms with Crippen LogP contribution < -0.4 is 10.6 Å². The first kappa shape index (κ1) is 25.7. The Bertz CT molecular complexity index is 1360. The van der Waals surface area contributed by atoms with Gasteiger partial charge in [0.2, 0.25) is 11.8 Å². The van der Waals surface area contributed by atoms with Crippen molar-refractivity contribution in [3.8, 4) is 22.5 Å². The number of benzene rings is 2. The Morgan fingerprint density at radius 3 is 1.67 bits per heavy atom. The van der Waals surface area contributed by atoms with Crippen molar-refractivity contribution in [3.63, 3.8) is 0 Å². The zero-order chi connectivity index (χ0) is 27.5. The maximum absolute atomic E-state index is 12.6. The van der Waals surface area contributed by atoms with Crippen LogP contribution in [0.15, 0.2) is 78.9 Å². The van der Waals surface area contributed by atoms with E-state index >= 15 is 0 Å². The van der Waals surface area contributed by atoms with E-state index in [1.165, 1.54) is 23.6 Å². The molecule has 0 radical (unpaired) electrons. The molecular weight excluding hydrogens is 496 g/mol. The highest BCUT2D eigenvalue weighted by Crippen LogP contribution is 2.26. The molecule has 0 saturated carbocycles. The van der Waals surface area contributed by atoms with Crippen LogP contribution in [0.3, 0.4) is 0 Å². The third kappa shape index (κ3) is 5.49. The fourth-order valence-corrected chi connectivity index (χ4v) is 4.66. The van der Waals surface area contributed by atoms with Crippen LogP contribution in [0.2, 0.25) is 0 Å². The van der Waals surface area contributed by atoms with E-state index in [0.29, 0.717) is 24.5 Å². The zero-order valence-corrected chi connectivity index (χ0v) is 21.5. The fourth-order valence-electron chi connectivity index (χ4n) is 4.66. The summed E-state index contributed by atoms with van der Waals surface area (Å²) in [7, 11) is 0. The van der Waals surface area contributed by atoms with Gasteiger partial charge < -0.3 is 20.4 Å². The summed E-state index contributed by atoms with van der Waals surface area (Å²) in [6.45, 7) is 3.77. The second kappa shape index (κ2) is 10.8. The summed E-state index contributed by atoms with van der Waals surface area (Å²) in [5, 5.41) is 13.2. The van der Waals surface area contributed by atoms with Crippen LogP contribution in [-0.2, 0) is 19.2 Å². The minimum absolute atomic E-state index is 0.146. The number of hydrogen-bond donors (Lipinski definition) is 3. The van der Waals surface area contributed by atoms with Gasteiger partial charge in [-0.15, -0.1) is 0 Å². The van der Waals surface area contributed by atoms with E-state index in [1.807, 2.05) is 42.5 Å². The van der Waals surface area contributed by atoms with Crippen molar-refractivity contribution >= 4 is 35.0 Å². The molecule has 4 amide bonds. The number of amides is 4. The molecule has 0 aliphatic carbocycles. The quantitative estimate of drug-likeness (QED) is 0.427. The van der Waals surface area contributed by atoms with Crippen LogP contribution in [0.25, 0.3) is 22.5 Å². The van der Waals surface area contributed by atoms with Gasteiger partial charge in [0.05, 0.1) is 11.4 Å². The molecule has 0 fully saturated rings. The standard InChI is InChI=1S/C29H28N6O4/c1-18(36)34-15-3-5-26(34)28(38)30-22-11-7-20(8-12-22)24-17-25(33-32-24)21-9-13-23(14-10-21)31-29(39)27-6-4-16-35(27)19(2)37/h3-14,17,26-27H,15-16H2,1-2H3,(H,30,38)(H,31,39)(H,32,33)/t26-,27?/m0/s1. The number of carbonyl (C=O) groups is 4. The van der Waals surface area contributed by atoms with Crippen LogP contribution in [0.4, 0.5) is 11.4 Å². The molecular formula is C29H28N6O4. The van der Waals surface area contributed by atoms with E-state index < -0.39 is 12.1 Å². The predicted molar refractivity (Wildman–Crippen MR) is 147 cm³/mol. The molecule has 3 aromatic rings. The Labute approximate surface area is 225 Å². The minimum Gasteiger partial charge on any atom is -0.324 e. The van der Waals surface area contributed by atoms with Crippen LogP contribution in [0, 0.1) is 0 Å². The highest BCUT2D eigenvalue weighted by atomic mass is 16.2. The molecule has 1 aromatic heterocycles. The molecule has 0 spiro atoms. The van der Waals surface area contributed by atoms with Crippen LogP contribution in [0.1, 0.15) is 13.8 Å². The first-order chi connectivity index (χ1) is 18.8. The lowest BCUT2D eigenvalue weighted by Crippen LogP contribution is -2.42. The molecule has 3 heterocycles. The van der Waals surface area contributed by atoms with E-state index in [9.17, 15) is 19.2 Å². The fraction of sp³-hybridized carbons (Fsp3) is 0.207. The molecule has 2 aliphatic rings. The van der Waals surface area contributed by atoms with Gasteiger partial charge >= 0.3 is 0 Å². The number of nitrogens with one attached hydrogen (secondary N) is 3. The molecule has 39 heavy (non-hydrogen) atoms. The molecule has 3 N–H and O–H groups in total. The van der Waals surface area contributed by atoms with Gasteiger partial charge in [-0.1, -0.05) is 48.6 Å². The van der Waals surface area contributed by atoms with E-state index in [1.54, 1.807) is 36.4 Å². The van der Waals surface area contributed by atoms with Crippen molar-refractivity contribution in [2.24, 2.45) is 0 Å². The van der Waals surface area contributed by atoms with Gasteiger partial charge in [-0.25, -0.2) is 0 Å². The summed E-state index contributed by atoms with van der Waals surface area (Å²) in [5.41, 5.74) is 4.55. The number of rotatable bonds is 6. The molecule has 10 nitrogen and oxygen atoms in total. The third-order valence-corrected chi connectivity index (χ3v) is 6.75. The van der Waals surface area contributed by atoms with E-state index in [0.717, 1.165) is 22.5 Å². The van der Waals surface area contributed by atoms with Gasteiger partial charge in [-0.2, -0.15) is 5.10 Å². The normalized spacial score (nSPS) is 17.9. The first-order valence-corrected chi connectivity index (χ1v) is 12.6. The Morgan fingerprint density at radius 1 is 0.744 bits per heavy atom. The SMILES string of the molecule is CC(=O)N1CC=CC1C(=O)Nc1ccc(-c2cc(-c3ccc(NC(=O)[C@@H]4C=CCN4C(C)=O)cc3)n[nH]2)cc1. The predicted octanol–water partition coefficient (Wildman–Crippen LogP) is 3.19. The average Bonchev–Trinajstić information content (AvgIpc) is 3.70. The summed E-state index contributed by atoms with van der Waals surface area (Å²) in [5.74, 6) is -0.811. The van der Waals surface area contributed by atoms with Crippen molar-refractivity contribution in [1.82, 2.24) is 20.0 Å². The number of aromatic nitrogens is 2. The van der Waals surface area contributed by atoms with E-state index in [-0.39, 0.29) is 23.6 Å². The van der Waals surface area contributed by atoms with Crippen LogP contribution in [-0.4, -0.2) is 68.8 Å². The second-order valence-corrected chi connectivity index (χ2v) is 9.39. The maximum Gasteiger partial charge on any atom is 0.251 e. The Morgan fingerprint density at radius 2 is 1.21 bits per heavy atom. The van der Waals surface area contributed by atoms with Crippen molar-refractivity contribution < 1.29 is 19.2 Å². The molecule has 0 saturated heterocycles. The Balaban J connectivity index is 1.21. The second-order valence-electron chi connectivity index (χ2n) is 9.39. The largest absolute Gasteiger partial charge is 0.324 e. The number of carbonyl (C=O) groups excluding carboxylic acids is 4. The number of aromatic amines is 1. The molecule has 5 rings (SSSR count). The van der Waals surface area contributed by atoms with Gasteiger partial charge in [0.1, 0.15) is 12.1 Å². The summed E-state index contributed by atoms with van der Waals surface area (Å²) in [4.78, 5) is 51.7. The zero-order valence-electron chi connectivity index (χ0n) is 21.5. The highest BCUT2D eigenvalue weighted by Gasteiger charge is 2.29. The smallest absolute Gasteiger partial charge is 0.251 e. The molecule has 0 bridgehead atoms. The van der Waals surface area contributed by atoms with Crippen molar-refractivity contribution in [3.05, 3.63) is 78.9 Å². The average molecular weight is 525 g/mol. The van der Waals surface area contributed by atoms with Gasteiger partial charge in [-0.3, -0.25) is 24.3 Å². The monoisotopic (exact) mass is 524 g/mol. The molecule has 2 aliphatic heterocycles. The first-order valence-electron chi connectivity index (χ1n) is 12.6. The summed E-state index contributed by atoms with van der Waals surface area (Å²) in [6, 6.07) is 15.4. The van der Waals surface area contributed by atoms with E-state index in [4.69, 9.17) is 0 Å². The van der Waals surface area contributed by atoms with Gasteiger partial charge in [0.25, 0.3) is 11.8 Å². The molecule has 10 heteroatoms. The third-order valence-electron chi connectivity index (χ3n) is 6.75. The molecule has 2 atom stereocenters. The molecule has 2 aromatic carbocycles. The lowest BCUT2D eigenvalue weighted by molar-refractivity contribution is -0.134. The lowest BCUT2D eigenvalue weighted by Gasteiger charge is -2.22. The number of nitrogens with zero attached hydrogens (tertiary/aromatic N) is 3. The summed E-state index contributed by atoms with van der Waals surface area (Å²) in [6.07, 6.45) is 7.08. The Kier molecular flexibility index (Phi) is 7.09. The van der Waals surface area contributed by atoms with Gasteiger partial charge in [0, 0.05) is 43.9 Å². The van der Waals surface area contributed by atoms with Crippen molar-refractivity contribution in [2.45, 2.75) is 25.9 Å². The number of hydrogen-bond acceptors (Lipinski definition) is 5. The summed E-state index contributed by atoms with van der Waals surface area (Å²) >= 11 is 0. The van der Waals surface area contributed by atoms with E-state index in [2.05, 4.69) is 20.8 Å². The Hall–Kier alpha value is -4.99. The van der Waals surface area contributed by atoms with Crippen LogP contribution in [0.5, 0.6) is 0 Å². The summed E-state index contributed by atoms with van der Waals surface area (Å²) < 4.78 is 0. The van der Waals surface area contributed by atoms with Gasteiger partial charge in [-0.05, 0) is 35.9 Å². The topological polar surface area (TPSA) is 128 Å². The number of anilines is 2. The lowest BCUT2D eigenvalue weighted by atomic mass is 10.1. The molecule has 198 valence electrons. The van der Waals surface area contributed by atoms with Crippen LogP contribution >= 0.6 is 0 Å². The minimum atomic E-state index is -0.606. The molecule has 1 unspecified atom stereocenters. The maximum atomic E-state index is 12.6.